The second kappa shape index (κ2) is 7.52. The largest absolute Gasteiger partial charge is 0.478 e. The first-order valence-electron chi connectivity index (χ1n) is 10.2. The van der Waals surface area contributed by atoms with Crippen LogP contribution in [0.3, 0.4) is 0 Å². The van der Waals surface area contributed by atoms with E-state index in [2.05, 4.69) is 0 Å². The molecule has 3 rings (SSSR count). The molecule has 30 heavy (non-hydrogen) atoms. The maximum absolute atomic E-state index is 13.4. The molecule has 1 aliphatic heterocycles. The number of carbonyl (C=O) groups excluding carboxylic acids is 3. The summed E-state index contributed by atoms with van der Waals surface area (Å²) in [5.74, 6) is -2.24. The number of carbonyl (C=O) groups is 4. The number of hydrogen-bond acceptors (Lipinski definition) is 6. The van der Waals surface area contributed by atoms with Crippen molar-refractivity contribution >= 4 is 23.7 Å². The zero-order valence-corrected chi connectivity index (χ0v) is 17.8. The molecule has 7 heteroatoms. The lowest BCUT2D eigenvalue weighted by atomic mass is 9.53. The predicted octanol–water partition coefficient (Wildman–Crippen LogP) is 3.14. The van der Waals surface area contributed by atoms with Crippen LogP contribution < -0.4 is 0 Å². The highest BCUT2D eigenvalue weighted by Gasteiger charge is 2.74. The van der Waals surface area contributed by atoms with Gasteiger partial charge in [-0.1, -0.05) is 18.2 Å². The summed E-state index contributed by atoms with van der Waals surface area (Å²) in [6.07, 6.45) is 8.58. The lowest BCUT2D eigenvalue weighted by Gasteiger charge is -2.54. The highest BCUT2D eigenvalue weighted by molar-refractivity contribution is 5.96. The Morgan fingerprint density at radius 2 is 1.97 bits per heavy atom. The van der Waals surface area contributed by atoms with Gasteiger partial charge in [-0.25, -0.2) is 9.59 Å². The molecule has 1 N–H and O–H groups in total. The zero-order valence-electron chi connectivity index (χ0n) is 17.8. The van der Waals surface area contributed by atoms with E-state index in [0.29, 0.717) is 31.3 Å². The standard InChI is InChI=1S/C23H28O7/c1-14(18(25)26)6-5-10-21(3)17-9-12-22(20(28)30-21)11-7-16(19(27)29-4)8-13-23(17,22)15(2)24/h5-7,10,17H,8-9,11-13H2,1-4H3,(H,25,26)/b10-5+,14-6+. The van der Waals surface area contributed by atoms with Crippen LogP contribution in [0.5, 0.6) is 0 Å². The summed E-state index contributed by atoms with van der Waals surface area (Å²) in [5.41, 5.74) is -2.34. The predicted molar refractivity (Wildman–Crippen MR) is 107 cm³/mol. The van der Waals surface area contributed by atoms with E-state index in [1.807, 2.05) is 0 Å². The van der Waals surface area contributed by atoms with Gasteiger partial charge in [0.2, 0.25) is 0 Å². The number of cyclic esters (lactones) is 1. The van der Waals surface area contributed by atoms with Crippen LogP contribution in [0.4, 0.5) is 0 Å². The summed E-state index contributed by atoms with van der Waals surface area (Å²) in [7, 11) is 1.31. The van der Waals surface area contributed by atoms with Crippen molar-refractivity contribution in [3.63, 3.8) is 0 Å². The number of esters is 2. The number of methoxy groups -OCH3 is 1. The first-order valence-corrected chi connectivity index (χ1v) is 10.2. The van der Waals surface area contributed by atoms with Crippen LogP contribution in [0.25, 0.3) is 0 Å². The van der Waals surface area contributed by atoms with Gasteiger partial charge in [-0.05, 0) is 59.0 Å². The maximum atomic E-state index is 13.4. The van der Waals surface area contributed by atoms with Gasteiger partial charge in [0.25, 0.3) is 0 Å². The highest BCUT2D eigenvalue weighted by atomic mass is 16.6. The Balaban J connectivity index is 2.07. The molecule has 4 unspecified atom stereocenters. The Kier molecular flexibility index (Phi) is 5.52. The summed E-state index contributed by atoms with van der Waals surface area (Å²) in [6, 6.07) is 0. The quantitative estimate of drug-likeness (QED) is 0.417. The Bertz CT molecular complexity index is 895. The third-order valence-corrected chi connectivity index (χ3v) is 7.38. The second-order valence-electron chi connectivity index (χ2n) is 8.71. The van der Waals surface area contributed by atoms with Gasteiger partial charge in [0.05, 0.1) is 17.9 Å². The van der Waals surface area contributed by atoms with Gasteiger partial charge in [-0.3, -0.25) is 9.59 Å². The minimum absolute atomic E-state index is 0.0713. The third-order valence-electron chi connectivity index (χ3n) is 7.38. The van der Waals surface area contributed by atoms with Crippen molar-refractivity contribution < 1.29 is 33.8 Å². The van der Waals surface area contributed by atoms with Crippen molar-refractivity contribution in [1.82, 2.24) is 0 Å². The molecule has 0 aromatic rings. The molecule has 7 nitrogen and oxygen atoms in total. The van der Waals surface area contributed by atoms with E-state index < -0.39 is 34.3 Å². The van der Waals surface area contributed by atoms with Gasteiger partial charge in [-0.15, -0.1) is 0 Å². The topological polar surface area (TPSA) is 107 Å². The van der Waals surface area contributed by atoms with E-state index >= 15 is 0 Å². The minimum Gasteiger partial charge on any atom is -0.478 e. The summed E-state index contributed by atoms with van der Waals surface area (Å²) in [5, 5.41) is 9.04. The van der Waals surface area contributed by atoms with Crippen molar-refractivity contribution in [2.75, 3.05) is 7.11 Å². The van der Waals surface area contributed by atoms with Crippen molar-refractivity contribution in [3.8, 4) is 0 Å². The smallest absolute Gasteiger partial charge is 0.333 e. The lowest BCUT2D eigenvalue weighted by Crippen LogP contribution is -2.62. The summed E-state index contributed by atoms with van der Waals surface area (Å²) in [4.78, 5) is 49.7. The number of allylic oxidation sites excluding steroid dienone is 3. The number of hydrogen-bond donors (Lipinski definition) is 1. The van der Waals surface area contributed by atoms with Crippen LogP contribution in [-0.4, -0.2) is 41.5 Å². The fourth-order valence-electron chi connectivity index (χ4n) is 5.81. The molecule has 0 radical (unpaired) electrons. The average Bonchev–Trinajstić information content (AvgIpc) is 2.86. The minimum atomic E-state index is -1.05. The molecular weight excluding hydrogens is 388 g/mol. The van der Waals surface area contributed by atoms with Gasteiger partial charge < -0.3 is 14.6 Å². The number of ketones is 1. The number of carboxylic acids is 1. The summed E-state index contributed by atoms with van der Waals surface area (Å²) >= 11 is 0. The highest BCUT2D eigenvalue weighted by Crippen LogP contribution is 2.69. The molecule has 1 saturated heterocycles. The molecule has 1 heterocycles. The van der Waals surface area contributed by atoms with Crippen LogP contribution in [-0.2, 0) is 28.7 Å². The first kappa shape index (κ1) is 22.0. The van der Waals surface area contributed by atoms with Crippen molar-refractivity contribution in [3.05, 3.63) is 35.5 Å². The van der Waals surface area contributed by atoms with E-state index in [1.54, 1.807) is 25.2 Å². The van der Waals surface area contributed by atoms with Gasteiger partial charge >= 0.3 is 17.9 Å². The van der Waals surface area contributed by atoms with E-state index in [1.165, 1.54) is 27.0 Å². The molecule has 1 saturated carbocycles. The molecule has 2 fully saturated rings. The van der Waals surface area contributed by atoms with Crippen molar-refractivity contribution in [1.29, 1.82) is 0 Å². The van der Waals surface area contributed by atoms with Crippen LogP contribution >= 0.6 is 0 Å². The number of Topliss-reactive ketones (excluding diaryl/α,β-unsaturated/α-hetero) is 1. The van der Waals surface area contributed by atoms with Crippen LogP contribution in [0.2, 0.25) is 0 Å². The number of ether oxygens (including phenoxy) is 2. The van der Waals surface area contributed by atoms with Gasteiger partial charge in [0.1, 0.15) is 11.4 Å². The molecule has 0 spiro atoms. The van der Waals surface area contributed by atoms with E-state index in [4.69, 9.17) is 14.6 Å². The van der Waals surface area contributed by atoms with Crippen molar-refractivity contribution in [2.24, 2.45) is 16.7 Å². The van der Waals surface area contributed by atoms with Gasteiger partial charge in [0, 0.05) is 17.1 Å². The fraction of sp³-hybridized carbons (Fsp3) is 0.565. The normalized spacial score (nSPS) is 35.9. The summed E-state index contributed by atoms with van der Waals surface area (Å²) in [6.45, 7) is 4.77. The Morgan fingerprint density at radius 3 is 2.57 bits per heavy atom. The second-order valence-corrected chi connectivity index (χ2v) is 8.71. The molecule has 0 aromatic carbocycles. The number of rotatable bonds is 5. The molecular formula is C23H28O7. The zero-order chi connectivity index (χ0) is 22.3. The molecule has 0 amide bonds. The SMILES string of the molecule is COC(=O)C1=CCC23CCC(C(C)(/C=C/C=C(\C)C(=O)O)OC2=O)C3(C(C)=O)CC1. The number of aliphatic carboxylic acids is 1. The van der Waals surface area contributed by atoms with Crippen LogP contribution in [0.1, 0.15) is 52.9 Å². The maximum Gasteiger partial charge on any atom is 0.333 e. The van der Waals surface area contributed by atoms with Gasteiger partial charge in [-0.2, -0.15) is 0 Å². The first-order chi connectivity index (χ1) is 14.0. The monoisotopic (exact) mass is 416 g/mol. The van der Waals surface area contributed by atoms with Crippen LogP contribution in [0, 0.1) is 16.7 Å². The van der Waals surface area contributed by atoms with Crippen LogP contribution in [0.15, 0.2) is 35.5 Å². The van der Waals surface area contributed by atoms with E-state index in [9.17, 15) is 19.2 Å². The number of carboxylic acid groups (broad SMARTS) is 1. The Morgan fingerprint density at radius 1 is 1.27 bits per heavy atom. The molecule has 3 aliphatic rings. The molecule has 4 atom stereocenters. The van der Waals surface area contributed by atoms with E-state index in [-0.39, 0.29) is 23.7 Å². The Labute approximate surface area is 175 Å². The summed E-state index contributed by atoms with van der Waals surface area (Å²) < 4.78 is 10.8. The molecule has 0 aromatic heterocycles. The lowest BCUT2D eigenvalue weighted by molar-refractivity contribution is -0.205. The van der Waals surface area contributed by atoms with Crippen molar-refractivity contribution in [2.45, 2.75) is 58.5 Å². The molecule has 162 valence electrons. The molecule has 2 bridgehead atoms. The van der Waals surface area contributed by atoms with E-state index in [0.717, 1.165) is 0 Å². The average molecular weight is 416 g/mol. The fourth-order valence-corrected chi connectivity index (χ4v) is 5.81. The van der Waals surface area contributed by atoms with Gasteiger partial charge in [0.15, 0.2) is 0 Å². The third kappa shape index (κ3) is 3.02. The molecule has 2 aliphatic carbocycles. The Hall–Kier alpha value is -2.70.